The van der Waals surface area contributed by atoms with Crippen LogP contribution in [0, 0.1) is 0 Å². The minimum absolute atomic E-state index is 0. The Balaban J connectivity index is -0.0000000164. The molecule has 0 saturated heterocycles. The lowest BCUT2D eigenvalue weighted by molar-refractivity contribution is 1.09. The van der Waals surface area contributed by atoms with Crippen LogP contribution in [0.4, 0.5) is 0 Å². The van der Waals surface area contributed by atoms with Gasteiger partial charge in [-0.2, -0.15) is 0 Å². The van der Waals surface area contributed by atoms with Gasteiger partial charge >= 0.3 is 0 Å². The first-order chi connectivity index (χ1) is 6.41. The van der Waals surface area contributed by atoms with Crippen LogP contribution in [-0.2, 0) is 0 Å². The Labute approximate surface area is 114 Å². The summed E-state index contributed by atoms with van der Waals surface area (Å²) in [6, 6.07) is 12.0. The Morgan fingerprint density at radius 3 is 0.588 bits per heavy atom. The third-order valence-corrected chi connectivity index (χ3v) is 0.667. The van der Waals surface area contributed by atoms with E-state index in [1.54, 1.807) is 0 Å². The second-order valence-electron chi connectivity index (χ2n) is 1.86. The summed E-state index contributed by atoms with van der Waals surface area (Å²) in [7, 11) is 0. The van der Waals surface area contributed by atoms with E-state index in [4.69, 9.17) is 0 Å². The number of benzene rings is 1. The molecule has 0 bridgehead atoms. The summed E-state index contributed by atoms with van der Waals surface area (Å²) in [5.41, 5.74) is 0. The number of hydrogen-bond acceptors (Lipinski definition) is 0. The molecule has 0 aliphatic carbocycles. The molecule has 0 nitrogen and oxygen atoms in total. The molecule has 0 heteroatoms. The Morgan fingerprint density at radius 1 is 0.471 bits per heavy atom. The molecule has 0 radical (unpaired) electrons. The molecule has 0 spiro atoms. The van der Waals surface area contributed by atoms with Gasteiger partial charge in [0.1, 0.15) is 0 Å². The zero-order valence-corrected chi connectivity index (χ0v) is 10.2. The van der Waals surface area contributed by atoms with Crippen LogP contribution in [0.1, 0.15) is 77.7 Å². The van der Waals surface area contributed by atoms with Crippen LogP contribution >= 0.6 is 0 Å². The van der Waals surface area contributed by atoms with Gasteiger partial charge in [0.05, 0.1) is 0 Å². The first-order valence-electron chi connectivity index (χ1n) is 5.41. The molecule has 110 valence electrons. The minimum Gasteiger partial charge on any atom is -0.0776 e. The van der Waals surface area contributed by atoms with Crippen molar-refractivity contribution in [2.75, 3.05) is 0 Å². The molecule has 0 N–H and O–H groups in total. The van der Waals surface area contributed by atoms with Crippen molar-refractivity contribution in [3.8, 4) is 0 Å². The Hall–Kier alpha value is -0.780. The molecular weight excluding hydrogens is 204 g/mol. The minimum atomic E-state index is 0. The van der Waals surface area contributed by atoms with E-state index in [9.17, 15) is 0 Å². The van der Waals surface area contributed by atoms with Gasteiger partial charge in [-0.1, -0.05) is 114 Å². The Kier molecular flexibility index (Phi) is 207. The van der Waals surface area contributed by atoms with Gasteiger partial charge < -0.3 is 0 Å². The molecule has 0 aliphatic rings. The number of rotatable bonds is 0. The van der Waals surface area contributed by atoms with Crippen LogP contribution in [0.5, 0.6) is 0 Å². The fourth-order valence-electron chi connectivity index (χ4n) is 0.385. The summed E-state index contributed by atoms with van der Waals surface area (Å²) in [6.45, 7) is 12.2. The quantitative estimate of drug-likeness (QED) is 0.440. The van der Waals surface area contributed by atoms with Crippen molar-refractivity contribution in [2.45, 2.75) is 77.7 Å². The highest BCUT2D eigenvalue weighted by Crippen LogP contribution is 1.79. The maximum Gasteiger partial charge on any atom is -0.0590 e. The van der Waals surface area contributed by atoms with E-state index in [0.29, 0.717) is 0 Å². The van der Waals surface area contributed by atoms with Gasteiger partial charge in [-0.3, -0.25) is 0 Å². The normalized spacial score (nSPS) is 4.59. The van der Waals surface area contributed by atoms with Crippen LogP contribution in [0.2, 0.25) is 0 Å². The van der Waals surface area contributed by atoms with Gasteiger partial charge in [0.15, 0.2) is 0 Å². The van der Waals surface area contributed by atoms with Gasteiger partial charge in [0, 0.05) is 0 Å². The zero-order chi connectivity index (χ0) is 10.9. The van der Waals surface area contributed by atoms with Crippen LogP contribution in [-0.4, -0.2) is 0 Å². The summed E-state index contributed by atoms with van der Waals surface area (Å²) in [5.74, 6) is 0. The van der Waals surface area contributed by atoms with Gasteiger partial charge in [0.2, 0.25) is 0 Å². The number of hydrogen-bond donors (Lipinski definition) is 0. The molecule has 0 heterocycles. The van der Waals surface area contributed by atoms with Crippen molar-refractivity contribution in [3.63, 3.8) is 0 Å². The van der Waals surface area contributed by atoms with Crippen molar-refractivity contribution >= 4 is 0 Å². The molecule has 0 saturated carbocycles. The molecule has 0 aromatic heterocycles. The monoisotopic (exact) mass is 246 g/mol. The molecule has 17 heavy (non-hydrogen) atoms. The smallest absolute Gasteiger partial charge is 0.0590 e. The predicted octanol–water partition coefficient (Wildman–Crippen LogP) is 7.70. The molecule has 0 atom stereocenters. The highest BCUT2D eigenvalue weighted by Gasteiger charge is 1.57. The van der Waals surface area contributed by atoms with Crippen molar-refractivity contribution in [3.05, 3.63) is 36.4 Å². The molecule has 1 aromatic carbocycles. The molecule has 0 aliphatic heterocycles. The van der Waals surface area contributed by atoms with E-state index >= 15 is 0 Å². The summed E-state index contributed by atoms with van der Waals surface area (Å²) in [5, 5.41) is 0. The van der Waals surface area contributed by atoms with Crippen LogP contribution in [0.25, 0.3) is 0 Å². The van der Waals surface area contributed by atoms with E-state index in [-0.39, 0.29) is 29.7 Å². The molecule has 1 aromatic rings. The summed E-state index contributed by atoms with van der Waals surface area (Å²) >= 11 is 0. The van der Waals surface area contributed by atoms with Crippen molar-refractivity contribution in [1.29, 1.82) is 0 Å². The largest absolute Gasteiger partial charge is 0.0776 e. The third-order valence-electron chi connectivity index (χ3n) is 0.667. The van der Waals surface area contributed by atoms with Gasteiger partial charge in [-0.25, -0.2) is 0 Å². The molecule has 0 unspecified atom stereocenters. The van der Waals surface area contributed by atoms with E-state index in [0.717, 1.165) is 0 Å². The topological polar surface area (TPSA) is 0 Å². The molecule has 0 amide bonds. The van der Waals surface area contributed by atoms with Crippen molar-refractivity contribution in [2.24, 2.45) is 0 Å². The zero-order valence-electron chi connectivity index (χ0n) is 10.2. The first-order valence-corrected chi connectivity index (χ1v) is 5.41. The predicted molar refractivity (Wildman–Crippen MR) is 92.0 cm³/mol. The maximum atomic E-state index is 2.12. The Bertz CT molecular complexity index is 82.9. The van der Waals surface area contributed by atoms with E-state index in [1.165, 1.54) is 6.42 Å². The second-order valence-corrected chi connectivity index (χ2v) is 1.86. The summed E-state index contributed by atoms with van der Waals surface area (Å²) in [6.07, 6.45) is 1.25. The highest BCUT2D eigenvalue weighted by atomic mass is 13.6. The standard InChI is InChI=1S/C6H6.C3H8.2C2H6.4CH4/c1-2-4-6-5-3-1;1-3-2;2*1-2;;;;/h1-6H;3H2,1-2H3;2*1-2H3;4*1H4. The molecule has 0 fully saturated rings. The van der Waals surface area contributed by atoms with E-state index in [1.807, 2.05) is 64.1 Å². The fraction of sp³-hybridized carbons (Fsp3) is 0.647. The third kappa shape index (κ3) is 97.6. The molecule has 1 rings (SSSR count). The van der Waals surface area contributed by atoms with Crippen LogP contribution in [0.15, 0.2) is 36.4 Å². The van der Waals surface area contributed by atoms with Gasteiger partial charge in [-0.05, 0) is 0 Å². The SMILES string of the molecule is C.C.C.C.CC.CC.CCC.c1ccccc1. The lowest BCUT2D eigenvalue weighted by atomic mass is 10.4. The van der Waals surface area contributed by atoms with E-state index in [2.05, 4.69) is 13.8 Å². The fourth-order valence-corrected chi connectivity index (χ4v) is 0.385. The van der Waals surface area contributed by atoms with Gasteiger partial charge in [0.25, 0.3) is 0 Å². The Morgan fingerprint density at radius 2 is 0.529 bits per heavy atom. The summed E-state index contributed by atoms with van der Waals surface area (Å²) < 4.78 is 0. The average Bonchev–Trinajstić information content (AvgIpc) is 2.27. The lowest BCUT2D eigenvalue weighted by Crippen LogP contribution is -1.47. The molecular formula is C17H42. The second kappa shape index (κ2) is 79.5. The average molecular weight is 247 g/mol. The lowest BCUT2D eigenvalue weighted by Gasteiger charge is -1.69. The van der Waals surface area contributed by atoms with Crippen LogP contribution < -0.4 is 0 Å². The van der Waals surface area contributed by atoms with Crippen LogP contribution in [0.3, 0.4) is 0 Å². The van der Waals surface area contributed by atoms with Crippen molar-refractivity contribution in [1.82, 2.24) is 0 Å². The first kappa shape index (κ1) is 44.2. The summed E-state index contributed by atoms with van der Waals surface area (Å²) in [4.78, 5) is 0. The highest BCUT2D eigenvalue weighted by molar-refractivity contribution is 4.99. The van der Waals surface area contributed by atoms with Crippen molar-refractivity contribution < 1.29 is 0 Å². The maximum absolute atomic E-state index is 2.12. The van der Waals surface area contributed by atoms with E-state index < -0.39 is 0 Å². The van der Waals surface area contributed by atoms with Gasteiger partial charge in [-0.15, -0.1) is 0 Å².